The van der Waals surface area contributed by atoms with Gasteiger partial charge in [0.15, 0.2) is 11.2 Å². The van der Waals surface area contributed by atoms with Gasteiger partial charge < -0.3 is 9.30 Å². The summed E-state index contributed by atoms with van der Waals surface area (Å²) < 4.78 is 10.8. The molecule has 3 aromatic rings. The van der Waals surface area contributed by atoms with E-state index in [2.05, 4.69) is 21.6 Å². The molecule has 3 heterocycles. The van der Waals surface area contributed by atoms with E-state index in [1.165, 1.54) is 17.4 Å². The van der Waals surface area contributed by atoms with Gasteiger partial charge in [0, 0.05) is 45.2 Å². The molecule has 0 radical (unpaired) electrons. The molecule has 1 saturated carbocycles. The molecule has 2 aliphatic rings. The minimum absolute atomic E-state index is 0.205. The van der Waals surface area contributed by atoms with Gasteiger partial charge in [0.1, 0.15) is 5.82 Å². The van der Waals surface area contributed by atoms with Crippen molar-refractivity contribution in [2.75, 3.05) is 32.8 Å². The topological polar surface area (TPSA) is 74.3 Å². The molecule has 0 unspecified atom stereocenters. The molecule has 188 valence electrons. The maximum Gasteiger partial charge on any atom is 0.332 e. The minimum atomic E-state index is -0.228. The van der Waals surface area contributed by atoms with Crippen molar-refractivity contribution in [3.05, 3.63) is 62.6 Å². The molecule has 2 fully saturated rings. The molecule has 2 aromatic heterocycles. The number of hydrogen-bond donors (Lipinski definition) is 0. The number of fused-ring (bicyclic) bond motifs is 1. The van der Waals surface area contributed by atoms with Gasteiger partial charge >= 0.3 is 5.69 Å². The summed E-state index contributed by atoms with van der Waals surface area (Å²) in [5, 5.41) is 0. The van der Waals surface area contributed by atoms with Crippen LogP contribution in [0.15, 0.2) is 39.9 Å². The Kier molecular flexibility index (Phi) is 7.48. The number of aromatic nitrogens is 4. The molecule has 8 nitrogen and oxygen atoms in total. The predicted molar refractivity (Wildman–Crippen MR) is 137 cm³/mol. The van der Waals surface area contributed by atoms with Gasteiger partial charge in [-0.2, -0.15) is 0 Å². The number of aryl methyl sites for hydroxylation is 1. The van der Waals surface area contributed by atoms with E-state index in [0.717, 1.165) is 69.9 Å². The van der Waals surface area contributed by atoms with Gasteiger partial charge in [-0.25, -0.2) is 9.78 Å². The summed E-state index contributed by atoms with van der Waals surface area (Å²) >= 11 is 0. The largest absolute Gasteiger partial charge is 0.379 e. The van der Waals surface area contributed by atoms with Crippen molar-refractivity contribution in [3.63, 3.8) is 0 Å². The maximum absolute atomic E-state index is 13.7. The third kappa shape index (κ3) is 5.00. The molecule has 1 aliphatic carbocycles. The number of nitrogens with zero attached hydrogens (tertiary/aromatic N) is 5. The molecule has 1 aromatic carbocycles. The minimum Gasteiger partial charge on any atom is -0.379 e. The van der Waals surface area contributed by atoms with Gasteiger partial charge in [-0.3, -0.25) is 18.8 Å². The predicted octanol–water partition coefficient (Wildman–Crippen LogP) is 3.20. The van der Waals surface area contributed by atoms with Crippen LogP contribution >= 0.6 is 0 Å². The number of benzene rings is 1. The second-order valence-electron chi connectivity index (χ2n) is 9.89. The van der Waals surface area contributed by atoms with Crippen LogP contribution in [-0.2, 0) is 24.4 Å². The molecule has 1 aliphatic heterocycles. The maximum atomic E-state index is 13.7. The highest BCUT2D eigenvalue weighted by molar-refractivity contribution is 5.71. The van der Waals surface area contributed by atoms with Crippen LogP contribution in [0.4, 0.5) is 0 Å². The first-order valence-corrected chi connectivity index (χ1v) is 13.2. The van der Waals surface area contributed by atoms with E-state index in [4.69, 9.17) is 9.72 Å². The molecule has 0 atom stereocenters. The first kappa shape index (κ1) is 24.0. The lowest BCUT2D eigenvalue weighted by atomic mass is 10.1. The normalized spacial score (nSPS) is 17.5. The summed E-state index contributed by atoms with van der Waals surface area (Å²) in [5.74, 6) is 1.30. The Hall–Kier alpha value is -2.71. The van der Waals surface area contributed by atoms with Crippen LogP contribution in [-0.4, -0.2) is 56.4 Å². The van der Waals surface area contributed by atoms with Crippen LogP contribution < -0.4 is 11.2 Å². The first-order chi connectivity index (χ1) is 17.2. The van der Waals surface area contributed by atoms with E-state index in [0.29, 0.717) is 36.7 Å². The molecule has 35 heavy (non-hydrogen) atoms. The van der Waals surface area contributed by atoms with E-state index in [9.17, 15) is 9.59 Å². The number of morpholine rings is 1. The van der Waals surface area contributed by atoms with Gasteiger partial charge in [-0.15, -0.1) is 0 Å². The number of rotatable bonds is 9. The highest BCUT2D eigenvalue weighted by Crippen LogP contribution is 2.35. The molecule has 0 bridgehead atoms. The third-order valence-electron chi connectivity index (χ3n) is 7.45. The smallest absolute Gasteiger partial charge is 0.332 e. The fourth-order valence-corrected chi connectivity index (χ4v) is 5.63. The number of hydrogen-bond acceptors (Lipinski definition) is 5. The lowest BCUT2D eigenvalue weighted by molar-refractivity contribution is 0.0369. The number of ether oxygens (including phenoxy) is 1. The van der Waals surface area contributed by atoms with Crippen molar-refractivity contribution in [1.82, 2.24) is 23.6 Å². The van der Waals surface area contributed by atoms with Gasteiger partial charge in [-0.1, -0.05) is 50.1 Å². The average molecular weight is 480 g/mol. The molecule has 1 saturated heterocycles. The molecular formula is C27H37N5O3. The van der Waals surface area contributed by atoms with Crippen LogP contribution in [0.25, 0.3) is 11.2 Å². The van der Waals surface area contributed by atoms with E-state index >= 15 is 0 Å². The lowest BCUT2D eigenvalue weighted by Gasteiger charge is -2.26. The lowest BCUT2D eigenvalue weighted by Crippen LogP contribution is -2.41. The zero-order valence-corrected chi connectivity index (χ0v) is 20.8. The van der Waals surface area contributed by atoms with Crippen molar-refractivity contribution in [2.45, 2.75) is 71.0 Å². The van der Waals surface area contributed by atoms with Crippen LogP contribution in [0.2, 0.25) is 0 Å². The molecule has 8 heteroatoms. The van der Waals surface area contributed by atoms with E-state index in [1.54, 1.807) is 4.57 Å². The highest BCUT2D eigenvalue weighted by atomic mass is 16.5. The fourth-order valence-electron chi connectivity index (χ4n) is 5.63. The van der Waals surface area contributed by atoms with Gasteiger partial charge in [0.25, 0.3) is 5.56 Å². The second kappa shape index (κ2) is 10.9. The zero-order valence-electron chi connectivity index (χ0n) is 20.8. The van der Waals surface area contributed by atoms with E-state index in [-0.39, 0.29) is 11.2 Å². The van der Waals surface area contributed by atoms with E-state index in [1.807, 2.05) is 25.1 Å². The summed E-state index contributed by atoms with van der Waals surface area (Å²) in [6.45, 7) is 7.87. The molecule has 5 rings (SSSR count). The summed E-state index contributed by atoms with van der Waals surface area (Å²) in [7, 11) is 0. The Morgan fingerprint density at radius 2 is 1.69 bits per heavy atom. The van der Waals surface area contributed by atoms with Crippen LogP contribution in [0.3, 0.4) is 0 Å². The van der Waals surface area contributed by atoms with Gasteiger partial charge in [0.05, 0.1) is 13.2 Å². The van der Waals surface area contributed by atoms with Crippen molar-refractivity contribution < 1.29 is 4.74 Å². The Labute approximate surface area is 206 Å². The second-order valence-corrected chi connectivity index (χ2v) is 9.89. The van der Waals surface area contributed by atoms with Crippen molar-refractivity contribution >= 4 is 11.2 Å². The van der Waals surface area contributed by atoms with Gasteiger partial charge in [-0.05, 0) is 31.2 Å². The number of imidazole rings is 1. The Morgan fingerprint density at radius 1 is 0.943 bits per heavy atom. The Morgan fingerprint density at radius 3 is 2.40 bits per heavy atom. The van der Waals surface area contributed by atoms with E-state index < -0.39 is 0 Å². The van der Waals surface area contributed by atoms with Crippen molar-refractivity contribution in [1.29, 1.82) is 0 Å². The fraction of sp³-hybridized carbons (Fsp3) is 0.593. The standard InChI is InChI=1S/C27H37N5O3/c1-2-13-31-26(33)23-25(30(27(31)34)15-8-14-29-16-18-35-19-17-29)28-24(22-11-6-7-12-22)32(23)20-21-9-4-3-5-10-21/h3-5,9-10,22H,2,6-8,11-20H2,1H3. The SMILES string of the molecule is CCCn1c(=O)c2c(nc(C3CCCC3)n2Cc2ccccc2)n(CCCN2CCOCC2)c1=O. The molecular weight excluding hydrogens is 442 g/mol. The summed E-state index contributed by atoms with van der Waals surface area (Å²) in [6.07, 6.45) is 6.11. The highest BCUT2D eigenvalue weighted by Gasteiger charge is 2.28. The Balaban J connectivity index is 1.60. The zero-order chi connectivity index (χ0) is 24.2. The van der Waals surface area contributed by atoms with Crippen molar-refractivity contribution in [3.8, 4) is 0 Å². The Bertz CT molecular complexity index is 1250. The van der Waals surface area contributed by atoms with Gasteiger partial charge in [0.2, 0.25) is 0 Å². The van der Waals surface area contributed by atoms with Crippen LogP contribution in [0.1, 0.15) is 62.8 Å². The third-order valence-corrected chi connectivity index (χ3v) is 7.45. The summed E-state index contributed by atoms with van der Waals surface area (Å²) in [6, 6.07) is 10.2. The average Bonchev–Trinajstić information content (AvgIpc) is 3.54. The summed E-state index contributed by atoms with van der Waals surface area (Å²) in [5.41, 5.74) is 1.84. The van der Waals surface area contributed by atoms with Crippen LogP contribution in [0, 0.1) is 0 Å². The quantitative estimate of drug-likeness (QED) is 0.471. The monoisotopic (exact) mass is 479 g/mol. The molecule has 0 N–H and O–H groups in total. The molecule has 0 amide bonds. The molecule has 0 spiro atoms. The summed E-state index contributed by atoms with van der Waals surface area (Å²) in [4.78, 5) is 34.7. The van der Waals surface area contributed by atoms with Crippen molar-refractivity contribution in [2.24, 2.45) is 0 Å². The van der Waals surface area contributed by atoms with Crippen LogP contribution in [0.5, 0.6) is 0 Å². The first-order valence-electron chi connectivity index (χ1n) is 13.2.